The second kappa shape index (κ2) is 7.72. The lowest BCUT2D eigenvalue weighted by atomic mass is 10.2. The number of nitrogens with one attached hydrogen (secondary N) is 2. The van der Waals surface area contributed by atoms with Crippen molar-refractivity contribution in [2.24, 2.45) is 0 Å². The van der Waals surface area contributed by atoms with Gasteiger partial charge in [0.1, 0.15) is 0 Å². The number of carbonyl (C=O) groups is 1. The molecule has 0 saturated carbocycles. The summed E-state index contributed by atoms with van der Waals surface area (Å²) in [5, 5.41) is 14.0. The summed E-state index contributed by atoms with van der Waals surface area (Å²) in [6.07, 6.45) is 6.66. The van der Waals surface area contributed by atoms with Crippen LogP contribution in [0.3, 0.4) is 0 Å². The Morgan fingerprint density at radius 2 is 1.71 bits per heavy atom. The average Bonchev–Trinajstić information content (AvgIpc) is 2.86. The van der Waals surface area contributed by atoms with E-state index in [-0.39, 0.29) is 5.91 Å². The minimum absolute atomic E-state index is 0.0895. The molecule has 2 N–H and O–H groups in total. The molecule has 0 spiro atoms. The van der Waals surface area contributed by atoms with Crippen LogP contribution >= 0.6 is 0 Å². The molecule has 0 unspecified atom stereocenters. The summed E-state index contributed by atoms with van der Waals surface area (Å²) < 4.78 is 0. The van der Waals surface area contributed by atoms with Crippen molar-refractivity contribution >= 4 is 29.0 Å². The summed E-state index contributed by atoms with van der Waals surface area (Å²) in [5.74, 6) is 1.25. The molecule has 1 aromatic carbocycles. The molecule has 1 amide bonds. The fourth-order valence-corrected chi connectivity index (χ4v) is 2.77. The Morgan fingerprint density at radius 1 is 1.04 bits per heavy atom. The predicted molar refractivity (Wildman–Crippen MR) is 94.5 cm³/mol. The monoisotopic (exact) mass is 326 g/mol. The summed E-state index contributed by atoms with van der Waals surface area (Å²) in [4.78, 5) is 17.9. The first-order valence-electron chi connectivity index (χ1n) is 8.30. The molecule has 0 radical (unpaired) electrons. The molecule has 1 fully saturated rings. The standard InChI is InChI=1S/C17H22N6O/c1-13(24)19-14-6-8-15(9-7-14)20-17-21-16(12-18-22-17)23-10-4-2-3-5-11-23/h6-9,12H,2-5,10-11H2,1H3,(H,19,24)(H,20,21,22). The molecular formula is C17H22N6O. The number of amides is 1. The Bertz CT molecular complexity index is 680. The van der Waals surface area contributed by atoms with Gasteiger partial charge in [-0.25, -0.2) is 0 Å². The van der Waals surface area contributed by atoms with Gasteiger partial charge in [0, 0.05) is 31.4 Å². The van der Waals surface area contributed by atoms with E-state index in [9.17, 15) is 4.79 Å². The van der Waals surface area contributed by atoms with Crippen molar-refractivity contribution in [3.05, 3.63) is 30.5 Å². The van der Waals surface area contributed by atoms with Crippen molar-refractivity contribution in [3.8, 4) is 0 Å². The summed E-state index contributed by atoms with van der Waals surface area (Å²) in [6.45, 7) is 3.52. The van der Waals surface area contributed by atoms with Crippen molar-refractivity contribution in [3.63, 3.8) is 0 Å². The number of rotatable bonds is 4. The molecule has 126 valence electrons. The van der Waals surface area contributed by atoms with Gasteiger partial charge in [-0.05, 0) is 37.1 Å². The quantitative estimate of drug-likeness (QED) is 0.899. The summed E-state index contributed by atoms with van der Waals surface area (Å²) in [7, 11) is 0. The molecule has 7 nitrogen and oxygen atoms in total. The van der Waals surface area contributed by atoms with Crippen LogP contribution in [0, 0.1) is 0 Å². The number of anilines is 4. The number of aromatic nitrogens is 3. The van der Waals surface area contributed by atoms with Crippen LogP contribution in [-0.4, -0.2) is 34.2 Å². The van der Waals surface area contributed by atoms with Crippen LogP contribution in [0.25, 0.3) is 0 Å². The van der Waals surface area contributed by atoms with Crippen LogP contribution in [0.4, 0.5) is 23.1 Å². The minimum Gasteiger partial charge on any atom is -0.355 e. The zero-order valence-electron chi connectivity index (χ0n) is 13.8. The maximum atomic E-state index is 11.0. The zero-order valence-corrected chi connectivity index (χ0v) is 13.8. The third kappa shape index (κ3) is 4.41. The van der Waals surface area contributed by atoms with E-state index in [1.807, 2.05) is 24.3 Å². The van der Waals surface area contributed by atoms with E-state index >= 15 is 0 Å². The molecule has 1 saturated heterocycles. The zero-order chi connectivity index (χ0) is 16.8. The third-order valence-electron chi connectivity index (χ3n) is 3.94. The molecule has 0 atom stereocenters. The van der Waals surface area contributed by atoms with E-state index in [4.69, 9.17) is 0 Å². The molecule has 1 aliphatic heterocycles. The van der Waals surface area contributed by atoms with Crippen LogP contribution in [0.1, 0.15) is 32.6 Å². The van der Waals surface area contributed by atoms with E-state index in [0.717, 1.165) is 30.3 Å². The van der Waals surface area contributed by atoms with E-state index in [0.29, 0.717) is 5.95 Å². The van der Waals surface area contributed by atoms with Crippen LogP contribution in [0.15, 0.2) is 30.5 Å². The van der Waals surface area contributed by atoms with Gasteiger partial charge in [0.15, 0.2) is 5.82 Å². The van der Waals surface area contributed by atoms with Gasteiger partial charge in [-0.2, -0.15) is 10.1 Å². The smallest absolute Gasteiger partial charge is 0.249 e. The first-order chi connectivity index (χ1) is 11.7. The van der Waals surface area contributed by atoms with Gasteiger partial charge in [0.05, 0.1) is 6.20 Å². The van der Waals surface area contributed by atoms with Crippen LogP contribution in [0.5, 0.6) is 0 Å². The number of hydrogen-bond donors (Lipinski definition) is 2. The Morgan fingerprint density at radius 3 is 2.38 bits per heavy atom. The number of benzene rings is 1. The molecule has 0 aliphatic carbocycles. The van der Waals surface area contributed by atoms with Crippen molar-refractivity contribution in [1.29, 1.82) is 0 Å². The van der Waals surface area contributed by atoms with Crippen LogP contribution < -0.4 is 15.5 Å². The van der Waals surface area contributed by atoms with E-state index in [1.165, 1.54) is 32.6 Å². The summed E-state index contributed by atoms with van der Waals surface area (Å²) in [5.41, 5.74) is 1.60. The maximum absolute atomic E-state index is 11.0. The molecule has 7 heteroatoms. The molecule has 2 aromatic rings. The first kappa shape index (κ1) is 16.2. The predicted octanol–water partition coefficient (Wildman–Crippen LogP) is 2.95. The van der Waals surface area contributed by atoms with Gasteiger partial charge in [0.2, 0.25) is 11.9 Å². The average molecular weight is 326 g/mol. The minimum atomic E-state index is -0.0895. The normalized spacial score (nSPS) is 14.8. The Labute approximate surface area is 141 Å². The number of hydrogen-bond acceptors (Lipinski definition) is 6. The molecule has 3 rings (SSSR count). The van der Waals surface area contributed by atoms with Crippen LogP contribution in [0.2, 0.25) is 0 Å². The van der Waals surface area contributed by atoms with Gasteiger partial charge in [0.25, 0.3) is 0 Å². The van der Waals surface area contributed by atoms with Crippen molar-refractivity contribution in [1.82, 2.24) is 15.2 Å². The molecular weight excluding hydrogens is 304 g/mol. The highest BCUT2D eigenvalue weighted by molar-refractivity contribution is 5.88. The van der Waals surface area contributed by atoms with Gasteiger partial charge < -0.3 is 15.5 Å². The van der Waals surface area contributed by atoms with E-state index in [1.54, 1.807) is 6.20 Å². The van der Waals surface area contributed by atoms with Gasteiger partial charge in [-0.1, -0.05) is 12.8 Å². The lowest BCUT2D eigenvalue weighted by molar-refractivity contribution is -0.114. The maximum Gasteiger partial charge on any atom is 0.249 e. The molecule has 1 aromatic heterocycles. The summed E-state index contributed by atoms with van der Waals surface area (Å²) in [6, 6.07) is 7.39. The topological polar surface area (TPSA) is 83.0 Å². The Hall–Kier alpha value is -2.70. The first-order valence-corrected chi connectivity index (χ1v) is 8.30. The Kier molecular flexibility index (Phi) is 5.20. The Balaban J connectivity index is 1.68. The van der Waals surface area contributed by atoms with Gasteiger partial charge in [-0.3, -0.25) is 4.79 Å². The fourth-order valence-electron chi connectivity index (χ4n) is 2.77. The number of carbonyl (C=O) groups excluding carboxylic acids is 1. The summed E-state index contributed by atoms with van der Waals surface area (Å²) >= 11 is 0. The van der Waals surface area contributed by atoms with Crippen molar-refractivity contribution in [2.45, 2.75) is 32.6 Å². The van der Waals surface area contributed by atoms with E-state index < -0.39 is 0 Å². The highest BCUT2D eigenvalue weighted by atomic mass is 16.1. The SMILES string of the molecule is CC(=O)Nc1ccc(Nc2nncc(N3CCCCCC3)n2)cc1. The van der Waals surface area contributed by atoms with Crippen molar-refractivity contribution in [2.75, 3.05) is 28.6 Å². The van der Waals surface area contributed by atoms with Crippen LogP contribution in [-0.2, 0) is 4.79 Å². The van der Waals surface area contributed by atoms with Gasteiger partial charge >= 0.3 is 0 Å². The lowest BCUT2D eigenvalue weighted by Crippen LogP contribution is -2.25. The lowest BCUT2D eigenvalue weighted by Gasteiger charge is -2.20. The number of nitrogens with zero attached hydrogens (tertiary/aromatic N) is 4. The third-order valence-corrected chi connectivity index (χ3v) is 3.94. The molecule has 0 bridgehead atoms. The van der Waals surface area contributed by atoms with Gasteiger partial charge in [-0.15, -0.1) is 5.10 Å². The largest absolute Gasteiger partial charge is 0.355 e. The fraction of sp³-hybridized carbons (Fsp3) is 0.412. The van der Waals surface area contributed by atoms with E-state index in [2.05, 4.69) is 30.7 Å². The van der Waals surface area contributed by atoms with Crippen molar-refractivity contribution < 1.29 is 4.79 Å². The second-order valence-corrected chi connectivity index (χ2v) is 5.92. The highest BCUT2D eigenvalue weighted by Gasteiger charge is 2.12. The molecule has 2 heterocycles. The molecule has 1 aliphatic rings. The molecule has 24 heavy (non-hydrogen) atoms. The second-order valence-electron chi connectivity index (χ2n) is 5.92. The highest BCUT2D eigenvalue weighted by Crippen LogP contribution is 2.20.